The van der Waals surface area contributed by atoms with E-state index in [0.29, 0.717) is 31.0 Å². The second kappa shape index (κ2) is 9.61. The van der Waals surface area contributed by atoms with Crippen LogP contribution in [0.3, 0.4) is 0 Å². The summed E-state index contributed by atoms with van der Waals surface area (Å²) in [6.45, 7) is 9.52. The average Bonchev–Trinajstić information content (AvgIpc) is 2.61. The molecule has 0 aromatic heterocycles. The Morgan fingerprint density at radius 2 is 2.08 bits per heavy atom. The highest BCUT2D eigenvalue weighted by atomic mass is 19.1. The number of aliphatic imine (C=N–C) groups is 1. The van der Waals surface area contributed by atoms with E-state index >= 15 is 0 Å². The smallest absolute Gasteiger partial charge is 0.191 e. The van der Waals surface area contributed by atoms with Crippen molar-refractivity contribution in [2.24, 2.45) is 4.99 Å². The van der Waals surface area contributed by atoms with Gasteiger partial charge >= 0.3 is 0 Å². The van der Waals surface area contributed by atoms with Crippen LogP contribution in [0.1, 0.15) is 39.2 Å². The molecule has 0 atom stereocenters. The van der Waals surface area contributed by atoms with E-state index in [4.69, 9.17) is 4.74 Å². The fourth-order valence-corrected chi connectivity index (χ4v) is 3.06. The molecule has 6 heteroatoms. The molecular formula is C19H31FN4O. The van der Waals surface area contributed by atoms with Gasteiger partial charge in [0, 0.05) is 38.8 Å². The number of hydrogen-bond acceptors (Lipinski definition) is 3. The van der Waals surface area contributed by atoms with Gasteiger partial charge in [-0.2, -0.15) is 0 Å². The van der Waals surface area contributed by atoms with Gasteiger partial charge in [-0.15, -0.1) is 0 Å². The minimum absolute atomic E-state index is 0.297. The third-order valence-corrected chi connectivity index (χ3v) is 4.58. The second-order valence-electron chi connectivity index (χ2n) is 6.67. The van der Waals surface area contributed by atoms with Crippen molar-refractivity contribution in [2.45, 2.75) is 52.2 Å². The first kappa shape index (κ1) is 19.5. The molecule has 0 amide bonds. The molecule has 0 unspecified atom stereocenters. The van der Waals surface area contributed by atoms with Crippen LogP contribution < -0.4 is 15.4 Å². The van der Waals surface area contributed by atoms with E-state index in [1.54, 1.807) is 13.1 Å². The number of halogens is 1. The van der Waals surface area contributed by atoms with Crippen molar-refractivity contribution in [3.8, 4) is 5.75 Å². The molecule has 0 spiro atoms. The molecule has 1 aliphatic heterocycles. The van der Waals surface area contributed by atoms with Gasteiger partial charge in [0.1, 0.15) is 0 Å². The Hall–Kier alpha value is -1.82. The van der Waals surface area contributed by atoms with Crippen molar-refractivity contribution in [1.29, 1.82) is 0 Å². The van der Waals surface area contributed by atoms with Crippen molar-refractivity contribution < 1.29 is 9.13 Å². The summed E-state index contributed by atoms with van der Waals surface area (Å²) in [4.78, 5) is 6.78. The van der Waals surface area contributed by atoms with Crippen LogP contribution >= 0.6 is 0 Å². The molecule has 1 aromatic rings. The standard InChI is InChI=1S/C19H31FN4O/c1-5-25-18-7-6-15(12-17(18)20)13-22-19(21-4)23-16-8-10-24(11-9-16)14(2)3/h6-7,12,14,16H,5,8-11,13H2,1-4H3,(H2,21,22,23). The Labute approximate surface area is 150 Å². The highest BCUT2D eigenvalue weighted by Crippen LogP contribution is 2.18. The lowest BCUT2D eigenvalue weighted by molar-refractivity contribution is 0.167. The number of piperidine rings is 1. The molecule has 0 aliphatic carbocycles. The number of benzene rings is 1. The maximum absolute atomic E-state index is 13.9. The predicted octanol–water partition coefficient (Wildman–Crippen LogP) is 2.76. The number of nitrogens with one attached hydrogen (secondary N) is 2. The largest absolute Gasteiger partial charge is 0.491 e. The second-order valence-corrected chi connectivity index (χ2v) is 6.67. The van der Waals surface area contributed by atoms with E-state index in [1.165, 1.54) is 6.07 Å². The summed E-state index contributed by atoms with van der Waals surface area (Å²) < 4.78 is 19.1. The summed E-state index contributed by atoms with van der Waals surface area (Å²) in [5, 5.41) is 6.74. The lowest BCUT2D eigenvalue weighted by Crippen LogP contribution is -2.49. The summed E-state index contributed by atoms with van der Waals surface area (Å²) in [5.74, 6) is 0.730. The average molecular weight is 350 g/mol. The van der Waals surface area contributed by atoms with Gasteiger partial charge in [-0.3, -0.25) is 4.99 Å². The van der Waals surface area contributed by atoms with E-state index in [1.807, 2.05) is 13.0 Å². The third-order valence-electron chi connectivity index (χ3n) is 4.58. The quantitative estimate of drug-likeness (QED) is 0.612. The third kappa shape index (κ3) is 5.88. The molecule has 2 N–H and O–H groups in total. The zero-order valence-electron chi connectivity index (χ0n) is 15.8. The molecule has 0 bridgehead atoms. The Morgan fingerprint density at radius 1 is 1.36 bits per heavy atom. The van der Waals surface area contributed by atoms with Crippen molar-refractivity contribution in [3.63, 3.8) is 0 Å². The van der Waals surface area contributed by atoms with Gasteiger partial charge in [-0.05, 0) is 51.3 Å². The number of rotatable bonds is 6. The lowest BCUT2D eigenvalue weighted by Gasteiger charge is -2.35. The highest BCUT2D eigenvalue weighted by Gasteiger charge is 2.21. The lowest BCUT2D eigenvalue weighted by atomic mass is 10.0. The van der Waals surface area contributed by atoms with Gasteiger partial charge in [-0.25, -0.2) is 4.39 Å². The van der Waals surface area contributed by atoms with Gasteiger partial charge in [0.25, 0.3) is 0 Å². The summed E-state index contributed by atoms with van der Waals surface area (Å²) >= 11 is 0. The Morgan fingerprint density at radius 3 is 2.64 bits per heavy atom. The first-order chi connectivity index (χ1) is 12.0. The Kier molecular flexibility index (Phi) is 7.50. The number of hydrogen-bond donors (Lipinski definition) is 2. The number of nitrogens with zero attached hydrogens (tertiary/aromatic N) is 2. The zero-order chi connectivity index (χ0) is 18.2. The molecule has 1 heterocycles. The molecule has 1 aromatic carbocycles. The maximum Gasteiger partial charge on any atom is 0.191 e. The molecule has 1 fully saturated rings. The normalized spacial score (nSPS) is 17.0. The monoisotopic (exact) mass is 350 g/mol. The zero-order valence-corrected chi connectivity index (χ0v) is 15.8. The van der Waals surface area contributed by atoms with Crippen LogP contribution in [0.5, 0.6) is 5.75 Å². The molecular weight excluding hydrogens is 319 g/mol. The molecule has 1 saturated heterocycles. The minimum atomic E-state index is -0.329. The van der Waals surface area contributed by atoms with Gasteiger partial charge in [0.2, 0.25) is 0 Å². The van der Waals surface area contributed by atoms with Crippen LogP contribution in [0.4, 0.5) is 4.39 Å². The van der Waals surface area contributed by atoms with Gasteiger partial charge in [0.05, 0.1) is 6.61 Å². The first-order valence-corrected chi connectivity index (χ1v) is 9.16. The number of ether oxygens (including phenoxy) is 1. The van der Waals surface area contributed by atoms with Crippen molar-refractivity contribution in [1.82, 2.24) is 15.5 Å². The number of likely N-dealkylation sites (tertiary alicyclic amines) is 1. The Bertz CT molecular complexity index is 569. The fraction of sp³-hybridized carbons (Fsp3) is 0.632. The van der Waals surface area contributed by atoms with Crippen LogP contribution in [-0.2, 0) is 6.54 Å². The van der Waals surface area contributed by atoms with Crippen LogP contribution in [0.2, 0.25) is 0 Å². The molecule has 0 radical (unpaired) electrons. The van der Waals surface area contributed by atoms with Crippen LogP contribution in [0.15, 0.2) is 23.2 Å². The van der Waals surface area contributed by atoms with E-state index in [2.05, 4.69) is 34.4 Å². The van der Waals surface area contributed by atoms with Gasteiger partial charge < -0.3 is 20.3 Å². The molecule has 25 heavy (non-hydrogen) atoms. The molecule has 5 nitrogen and oxygen atoms in total. The van der Waals surface area contributed by atoms with Crippen molar-refractivity contribution in [3.05, 3.63) is 29.6 Å². The first-order valence-electron chi connectivity index (χ1n) is 9.16. The van der Waals surface area contributed by atoms with Gasteiger partial charge in [-0.1, -0.05) is 6.07 Å². The van der Waals surface area contributed by atoms with Gasteiger partial charge in [0.15, 0.2) is 17.5 Å². The SMILES string of the molecule is CCOc1ccc(CNC(=NC)NC2CCN(C(C)C)CC2)cc1F. The van der Waals surface area contributed by atoms with Crippen molar-refractivity contribution >= 4 is 5.96 Å². The molecule has 1 aliphatic rings. The molecule has 2 rings (SSSR count). The van der Waals surface area contributed by atoms with E-state index in [9.17, 15) is 4.39 Å². The summed E-state index contributed by atoms with van der Waals surface area (Å²) in [7, 11) is 1.76. The van der Waals surface area contributed by atoms with E-state index in [-0.39, 0.29) is 5.82 Å². The maximum atomic E-state index is 13.9. The predicted molar refractivity (Wildman–Crippen MR) is 101 cm³/mol. The van der Waals surface area contributed by atoms with Crippen LogP contribution in [-0.4, -0.2) is 49.7 Å². The number of guanidine groups is 1. The van der Waals surface area contributed by atoms with E-state index in [0.717, 1.165) is 37.5 Å². The minimum Gasteiger partial charge on any atom is -0.491 e. The summed E-state index contributed by atoms with van der Waals surface area (Å²) in [6.07, 6.45) is 2.22. The summed E-state index contributed by atoms with van der Waals surface area (Å²) in [5.41, 5.74) is 0.860. The summed E-state index contributed by atoms with van der Waals surface area (Å²) in [6, 6.07) is 6.08. The van der Waals surface area contributed by atoms with E-state index < -0.39 is 0 Å². The fourth-order valence-electron chi connectivity index (χ4n) is 3.06. The molecule has 0 saturated carbocycles. The molecule has 140 valence electrons. The highest BCUT2D eigenvalue weighted by molar-refractivity contribution is 5.79. The van der Waals surface area contributed by atoms with Crippen LogP contribution in [0, 0.1) is 5.82 Å². The Balaban J connectivity index is 1.82. The topological polar surface area (TPSA) is 48.9 Å². The van der Waals surface area contributed by atoms with Crippen LogP contribution in [0.25, 0.3) is 0 Å². The van der Waals surface area contributed by atoms with Crippen molar-refractivity contribution in [2.75, 3.05) is 26.7 Å².